The SMILES string of the molecule is COc1nccnc1C(=O)C1(C)CCNC1. The Balaban J connectivity index is 2.33. The van der Waals surface area contributed by atoms with E-state index in [0.717, 1.165) is 13.0 Å². The molecule has 1 atom stereocenters. The van der Waals surface area contributed by atoms with Crippen LogP contribution in [0.3, 0.4) is 0 Å². The standard InChI is InChI=1S/C11H15N3O2/c1-11(3-4-12-7-11)9(15)8-10(16-2)14-6-5-13-8/h5-6,12H,3-4,7H2,1-2H3. The summed E-state index contributed by atoms with van der Waals surface area (Å²) in [7, 11) is 1.50. The van der Waals surface area contributed by atoms with Crippen molar-refractivity contribution in [3.05, 3.63) is 18.1 Å². The molecule has 1 aliphatic rings. The fourth-order valence-corrected chi connectivity index (χ4v) is 1.93. The number of hydrogen-bond acceptors (Lipinski definition) is 5. The van der Waals surface area contributed by atoms with E-state index in [9.17, 15) is 4.79 Å². The highest BCUT2D eigenvalue weighted by Crippen LogP contribution is 2.30. The van der Waals surface area contributed by atoms with E-state index in [1.54, 1.807) is 0 Å². The summed E-state index contributed by atoms with van der Waals surface area (Å²) in [5.74, 6) is 0.308. The molecule has 86 valence electrons. The minimum absolute atomic E-state index is 0.00227. The number of methoxy groups -OCH3 is 1. The molecule has 1 aliphatic heterocycles. The second kappa shape index (κ2) is 4.17. The second-order valence-electron chi connectivity index (χ2n) is 4.23. The van der Waals surface area contributed by atoms with E-state index in [2.05, 4.69) is 15.3 Å². The molecule has 1 N–H and O–H groups in total. The highest BCUT2D eigenvalue weighted by molar-refractivity contribution is 6.00. The lowest BCUT2D eigenvalue weighted by molar-refractivity contribution is 0.0829. The number of carbonyl (C=O) groups is 1. The van der Waals surface area contributed by atoms with Crippen molar-refractivity contribution in [2.75, 3.05) is 20.2 Å². The predicted octanol–water partition coefficient (Wildman–Crippen LogP) is 0.667. The summed E-state index contributed by atoms with van der Waals surface area (Å²) in [5, 5.41) is 3.19. The van der Waals surface area contributed by atoms with Crippen LogP contribution >= 0.6 is 0 Å². The highest BCUT2D eigenvalue weighted by Gasteiger charge is 2.39. The summed E-state index contributed by atoms with van der Waals surface area (Å²) in [6, 6.07) is 0. The van der Waals surface area contributed by atoms with Crippen molar-refractivity contribution in [3.63, 3.8) is 0 Å². The zero-order chi connectivity index (χ0) is 11.6. The summed E-state index contributed by atoms with van der Waals surface area (Å²) in [6.07, 6.45) is 3.86. The molecule has 0 radical (unpaired) electrons. The van der Waals surface area contributed by atoms with Gasteiger partial charge in [-0.2, -0.15) is 0 Å². The third kappa shape index (κ3) is 1.78. The van der Waals surface area contributed by atoms with Gasteiger partial charge in [0.25, 0.3) is 0 Å². The zero-order valence-electron chi connectivity index (χ0n) is 9.49. The number of nitrogens with one attached hydrogen (secondary N) is 1. The molecule has 1 fully saturated rings. The van der Waals surface area contributed by atoms with Crippen molar-refractivity contribution in [2.24, 2.45) is 5.41 Å². The first-order valence-electron chi connectivity index (χ1n) is 5.28. The normalized spacial score (nSPS) is 24.4. The van der Waals surface area contributed by atoms with Crippen LogP contribution < -0.4 is 10.1 Å². The summed E-state index contributed by atoms with van der Waals surface area (Å²) >= 11 is 0. The predicted molar refractivity (Wildman–Crippen MR) is 58.5 cm³/mol. The molecule has 1 unspecified atom stereocenters. The average molecular weight is 221 g/mol. The Morgan fingerprint density at radius 3 is 2.88 bits per heavy atom. The maximum Gasteiger partial charge on any atom is 0.243 e. The van der Waals surface area contributed by atoms with Crippen molar-refractivity contribution in [1.29, 1.82) is 0 Å². The molecule has 16 heavy (non-hydrogen) atoms. The summed E-state index contributed by atoms with van der Waals surface area (Å²) < 4.78 is 5.06. The molecule has 0 spiro atoms. The van der Waals surface area contributed by atoms with Gasteiger partial charge in [0.1, 0.15) is 0 Å². The molecule has 0 aromatic carbocycles. The van der Waals surface area contributed by atoms with E-state index in [4.69, 9.17) is 4.74 Å². The van der Waals surface area contributed by atoms with Gasteiger partial charge in [-0.1, -0.05) is 6.92 Å². The van der Waals surface area contributed by atoms with Gasteiger partial charge in [0.2, 0.25) is 5.88 Å². The van der Waals surface area contributed by atoms with Gasteiger partial charge in [-0.15, -0.1) is 0 Å². The van der Waals surface area contributed by atoms with E-state index in [-0.39, 0.29) is 11.2 Å². The lowest BCUT2D eigenvalue weighted by Gasteiger charge is -2.20. The van der Waals surface area contributed by atoms with E-state index in [0.29, 0.717) is 18.1 Å². The number of rotatable bonds is 3. The summed E-state index contributed by atoms with van der Waals surface area (Å²) in [4.78, 5) is 20.4. The molecule has 5 nitrogen and oxygen atoms in total. The van der Waals surface area contributed by atoms with E-state index < -0.39 is 0 Å². The van der Waals surface area contributed by atoms with Gasteiger partial charge in [0.15, 0.2) is 11.5 Å². The van der Waals surface area contributed by atoms with Crippen LogP contribution in [0, 0.1) is 5.41 Å². The van der Waals surface area contributed by atoms with E-state index in [1.165, 1.54) is 19.5 Å². The van der Waals surface area contributed by atoms with Crippen LogP contribution in [-0.4, -0.2) is 36.0 Å². The van der Waals surface area contributed by atoms with Crippen LogP contribution in [-0.2, 0) is 0 Å². The maximum atomic E-state index is 12.3. The number of hydrogen-bond donors (Lipinski definition) is 1. The van der Waals surface area contributed by atoms with Crippen molar-refractivity contribution in [2.45, 2.75) is 13.3 Å². The molecule has 1 aromatic heterocycles. The first-order chi connectivity index (χ1) is 7.67. The second-order valence-corrected chi connectivity index (χ2v) is 4.23. The lowest BCUT2D eigenvalue weighted by Crippen LogP contribution is -2.31. The van der Waals surface area contributed by atoms with Crippen LogP contribution in [0.2, 0.25) is 0 Å². The molecule has 0 saturated carbocycles. The lowest BCUT2D eigenvalue weighted by atomic mass is 9.83. The molecule has 1 saturated heterocycles. The average Bonchev–Trinajstić information content (AvgIpc) is 2.76. The number of Topliss-reactive ketones (excluding diaryl/α,β-unsaturated/α-hetero) is 1. The van der Waals surface area contributed by atoms with Gasteiger partial charge in [-0.05, 0) is 13.0 Å². The minimum atomic E-state index is -0.386. The van der Waals surface area contributed by atoms with Gasteiger partial charge >= 0.3 is 0 Å². The third-order valence-corrected chi connectivity index (χ3v) is 2.99. The molecule has 5 heteroatoms. The Labute approximate surface area is 94.2 Å². The number of carbonyl (C=O) groups excluding carboxylic acids is 1. The van der Waals surface area contributed by atoms with E-state index >= 15 is 0 Å². The van der Waals surface area contributed by atoms with Gasteiger partial charge in [0, 0.05) is 24.4 Å². The smallest absolute Gasteiger partial charge is 0.243 e. The van der Waals surface area contributed by atoms with Gasteiger partial charge in [-0.25, -0.2) is 9.97 Å². The number of nitrogens with zero attached hydrogens (tertiary/aromatic N) is 2. The van der Waals surface area contributed by atoms with Crippen LogP contribution in [0.1, 0.15) is 23.8 Å². The number of aromatic nitrogens is 2. The fraction of sp³-hybridized carbons (Fsp3) is 0.545. The highest BCUT2D eigenvalue weighted by atomic mass is 16.5. The monoisotopic (exact) mass is 221 g/mol. The Morgan fingerprint density at radius 1 is 1.50 bits per heavy atom. The Kier molecular flexibility index (Phi) is 2.87. The summed E-state index contributed by atoms with van der Waals surface area (Å²) in [5.41, 5.74) is -0.0558. The molecule has 0 aliphatic carbocycles. The molecule has 2 heterocycles. The minimum Gasteiger partial charge on any atom is -0.479 e. The van der Waals surface area contributed by atoms with Crippen molar-refractivity contribution in [1.82, 2.24) is 15.3 Å². The fourth-order valence-electron chi connectivity index (χ4n) is 1.93. The van der Waals surface area contributed by atoms with Crippen LogP contribution in [0.25, 0.3) is 0 Å². The zero-order valence-corrected chi connectivity index (χ0v) is 9.49. The van der Waals surface area contributed by atoms with Crippen LogP contribution in [0.15, 0.2) is 12.4 Å². The molecule has 0 bridgehead atoms. The van der Waals surface area contributed by atoms with Crippen LogP contribution in [0.5, 0.6) is 5.88 Å². The number of ether oxygens (including phenoxy) is 1. The van der Waals surface area contributed by atoms with Crippen molar-refractivity contribution >= 4 is 5.78 Å². The molecule has 0 amide bonds. The molecule has 1 aromatic rings. The Morgan fingerprint density at radius 2 is 2.25 bits per heavy atom. The Bertz CT molecular complexity index is 400. The topological polar surface area (TPSA) is 64.1 Å². The van der Waals surface area contributed by atoms with E-state index in [1.807, 2.05) is 6.92 Å². The summed E-state index contributed by atoms with van der Waals surface area (Å²) in [6.45, 7) is 3.50. The molecular weight excluding hydrogens is 206 g/mol. The van der Waals surface area contributed by atoms with Gasteiger partial charge < -0.3 is 10.1 Å². The maximum absolute atomic E-state index is 12.3. The molecule has 2 rings (SSSR count). The quantitative estimate of drug-likeness (QED) is 0.760. The van der Waals surface area contributed by atoms with Crippen LogP contribution in [0.4, 0.5) is 0 Å². The van der Waals surface area contributed by atoms with Crippen molar-refractivity contribution < 1.29 is 9.53 Å². The van der Waals surface area contributed by atoms with Crippen molar-refractivity contribution in [3.8, 4) is 5.88 Å². The first-order valence-corrected chi connectivity index (χ1v) is 5.28. The Hall–Kier alpha value is -1.49. The van der Waals surface area contributed by atoms with Gasteiger partial charge in [-0.3, -0.25) is 4.79 Å². The largest absolute Gasteiger partial charge is 0.479 e. The third-order valence-electron chi connectivity index (χ3n) is 2.99. The van der Waals surface area contributed by atoms with Gasteiger partial charge in [0.05, 0.1) is 7.11 Å². The first kappa shape index (κ1) is 11.0. The number of ketones is 1. The molecular formula is C11H15N3O2.